The van der Waals surface area contributed by atoms with Gasteiger partial charge in [0, 0.05) is 24.0 Å². The molecule has 2 heterocycles. The van der Waals surface area contributed by atoms with Crippen molar-refractivity contribution in [3.05, 3.63) is 59.5 Å². The standard InChI is InChI=1S/C21H22N4O4S2/c1-28-18-6-2-16(3-7-18)14-22-24-21-23-20(15-30-21)17-4-8-19(9-5-17)31(26,27)25-10-12-29-13-11-25/h2-9,14-15H,10-13H2,1H3,(H,23,24)/b22-14-. The van der Waals surface area contributed by atoms with E-state index in [1.165, 1.54) is 15.6 Å². The van der Waals surface area contributed by atoms with Crippen molar-refractivity contribution in [3.8, 4) is 17.0 Å². The lowest BCUT2D eigenvalue weighted by atomic mass is 10.2. The van der Waals surface area contributed by atoms with Crippen LogP contribution in [-0.4, -0.2) is 57.3 Å². The average Bonchev–Trinajstić information content (AvgIpc) is 3.29. The molecular weight excluding hydrogens is 436 g/mol. The molecule has 1 saturated heterocycles. The van der Waals surface area contributed by atoms with E-state index in [2.05, 4.69) is 15.5 Å². The zero-order valence-electron chi connectivity index (χ0n) is 16.9. The van der Waals surface area contributed by atoms with E-state index >= 15 is 0 Å². The fourth-order valence-electron chi connectivity index (χ4n) is 3.04. The van der Waals surface area contributed by atoms with E-state index in [0.29, 0.717) is 31.4 Å². The van der Waals surface area contributed by atoms with Crippen LogP contribution in [0.15, 0.2) is 63.9 Å². The maximum Gasteiger partial charge on any atom is 0.243 e. The molecule has 8 nitrogen and oxygen atoms in total. The number of sulfonamides is 1. The number of nitrogens with one attached hydrogen (secondary N) is 1. The molecule has 162 valence electrons. The summed E-state index contributed by atoms with van der Waals surface area (Å²) in [5.74, 6) is 0.790. The number of hydrogen-bond acceptors (Lipinski definition) is 8. The van der Waals surface area contributed by atoms with Gasteiger partial charge < -0.3 is 9.47 Å². The summed E-state index contributed by atoms with van der Waals surface area (Å²) in [7, 11) is -1.88. The lowest BCUT2D eigenvalue weighted by Crippen LogP contribution is -2.40. The van der Waals surface area contributed by atoms with Crippen molar-refractivity contribution >= 4 is 32.7 Å². The van der Waals surface area contributed by atoms with E-state index in [1.54, 1.807) is 37.6 Å². The van der Waals surface area contributed by atoms with Crippen molar-refractivity contribution in [1.82, 2.24) is 9.29 Å². The minimum atomic E-state index is -3.50. The number of hydrazone groups is 1. The topological polar surface area (TPSA) is 93.1 Å². The number of hydrogen-bond donors (Lipinski definition) is 1. The van der Waals surface area contributed by atoms with Gasteiger partial charge >= 0.3 is 0 Å². The van der Waals surface area contributed by atoms with Gasteiger partial charge in [-0.1, -0.05) is 12.1 Å². The highest BCUT2D eigenvalue weighted by atomic mass is 32.2. The Bertz CT molecular complexity index is 1140. The van der Waals surface area contributed by atoms with Crippen LogP contribution in [0.5, 0.6) is 5.75 Å². The zero-order chi connectivity index (χ0) is 21.7. The summed E-state index contributed by atoms with van der Waals surface area (Å²) < 4.78 is 37.3. The number of thiazole rings is 1. The summed E-state index contributed by atoms with van der Waals surface area (Å²) in [6, 6.07) is 14.3. The van der Waals surface area contributed by atoms with Crippen LogP contribution in [0.1, 0.15) is 5.56 Å². The van der Waals surface area contributed by atoms with E-state index < -0.39 is 10.0 Å². The molecule has 0 aliphatic carbocycles. The molecule has 0 bridgehead atoms. The largest absolute Gasteiger partial charge is 0.497 e. The highest BCUT2D eigenvalue weighted by Crippen LogP contribution is 2.27. The number of ether oxygens (including phenoxy) is 2. The second kappa shape index (κ2) is 9.56. The van der Waals surface area contributed by atoms with Gasteiger partial charge in [0.15, 0.2) is 0 Å². The molecular formula is C21H22N4O4S2. The van der Waals surface area contributed by atoms with E-state index in [1.807, 2.05) is 29.6 Å². The molecule has 0 atom stereocenters. The first-order valence-corrected chi connectivity index (χ1v) is 12.0. The summed E-state index contributed by atoms with van der Waals surface area (Å²) in [4.78, 5) is 4.79. The van der Waals surface area contributed by atoms with Crippen molar-refractivity contribution in [3.63, 3.8) is 0 Å². The molecule has 2 aromatic carbocycles. The van der Waals surface area contributed by atoms with Crippen LogP contribution < -0.4 is 10.2 Å². The number of rotatable bonds is 7. The van der Waals surface area contributed by atoms with Crippen molar-refractivity contribution < 1.29 is 17.9 Å². The summed E-state index contributed by atoms with van der Waals surface area (Å²) in [5.41, 5.74) is 5.44. The number of aromatic nitrogens is 1. The van der Waals surface area contributed by atoms with Gasteiger partial charge in [0.2, 0.25) is 15.2 Å². The van der Waals surface area contributed by atoms with Crippen LogP contribution in [0.25, 0.3) is 11.3 Å². The fourth-order valence-corrected chi connectivity index (χ4v) is 5.12. The maximum atomic E-state index is 12.7. The van der Waals surface area contributed by atoms with Gasteiger partial charge in [-0.2, -0.15) is 9.41 Å². The molecule has 3 aromatic rings. The van der Waals surface area contributed by atoms with Gasteiger partial charge in [0.05, 0.1) is 37.1 Å². The van der Waals surface area contributed by atoms with Crippen molar-refractivity contribution in [2.24, 2.45) is 5.10 Å². The molecule has 1 aromatic heterocycles. The Morgan fingerprint density at radius 2 is 1.84 bits per heavy atom. The van der Waals surface area contributed by atoms with Gasteiger partial charge in [-0.05, 0) is 42.0 Å². The maximum absolute atomic E-state index is 12.7. The summed E-state index contributed by atoms with van der Waals surface area (Å²) in [6.45, 7) is 1.60. The average molecular weight is 459 g/mol. The summed E-state index contributed by atoms with van der Waals surface area (Å²) in [5, 5.41) is 6.75. The van der Waals surface area contributed by atoms with E-state index in [9.17, 15) is 8.42 Å². The van der Waals surface area contributed by atoms with Gasteiger partial charge in [0.1, 0.15) is 5.75 Å². The van der Waals surface area contributed by atoms with Crippen molar-refractivity contribution in [2.75, 3.05) is 38.8 Å². The number of nitrogens with zero attached hydrogens (tertiary/aromatic N) is 3. The predicted molar refractivity (Wildman–Crippen MR) is 121 cm³/mol. The molecule has 0 amide bonds. The molecule has 10 heteroatoms. The molecule has 0 unspecified atom stereocenters. The number of methoxy groups -OCH3 is 1. The van der Waals surface area contributed by atoms with Gasteiger partial charge in [-0.25, -0.2) is 13.4 Å². The lowest BCUT2D eigenvalue weighted by molar-refractivity contribution is 0.0730. The van der Waals surface area contributed by atoms with Crippen molar-refractivity contribution in [1.29, 1.82) is 0 Å². The van der Waals surface area contributed by atoms with Crippen LogP contribution in [0, 0.1) is 0 Å². The van der Waals surface area contributed by atoms with Gasteiger partial charge in [-0.3, -0.25) is 5.43 Å². The third kappa shape index (κ3) is 5.10. The number of benzene rings is 2. The van der Waals surface area contributed by atoms with Crippen LogP contribution >= 0.6 is 11.3 Å². The highest BCUT2D eigenvalue weighted by Gasteiger charge is 2.26. The quantitative estimate of drug-likeness (QED) is 0.431. The second-order valence-corrected chi connectivity index (χ2v) is 9.52. The Balaban J connectivity index is 1.41. The monoisotopic (exact) mass is 458 g/mol. The molecule has 1 aliphatic heterocycles. The molecule has 1 N–H and O–H groups in total. The van der Waals surface area contributed by atoms with Gasteiger partial charge in [-0.15, -0.1) is 11.3 Å². The van der Waals surface area contributed by atoms with Crippen LogP contribution in [0.3, 0.4) is 0 Å². The highest BCUT2D eigenvalue weighted by molar-refractivity contribution is 7.89. The Labute approximate surface area is 185 Å². The Kier molecular flexibility index (Phi) is 6.62. The number of morpholine rings is 1. The first kappa shape index (κ1) is 21.4. The van der Waals surface area contributed by atoms with Crippen molar-refractivity contribution in [2.45, 2.75) is 4.90 Å². The van der Waals surface area contributed by atoms with E-state index in [-0.39, 0.29) is 4.90 Å². The van der Waals surface area contributed by atoms with E-state index in [4.69, 9.17) is 9.47 Å². The zero-order valence-corrected chi connectivity index (χ0v) is 18.5. The summed E-state index contributed by atoms with van der Waals surface area (Å²) in [6.07, 6.45) is 1.70. The smallest absolute Gasteiger partial charge is 0.243 e. The Morgan fingerprint density at radius 3 is 2.52 bits per heavy atom. The second-order valence-electron chi connectivity index (χ2n) is 6.72. The molecule has 0 spiro atoms. The Hall–Kier alpha value is -2.79. The predicted octanol–water partition coefficient (Wildman–Crippen LogP) is 3.29. The first-order chi connectivity index (χ1) is 15.1. The Morgan fingerprint density at radius 1 is 1.13 bits per heavy atom. The molecule has 1 fully saturated rings. The van der Waals surface area contributed by atoms with Crippen LogP contribution in [0.4, 0.5) is 5.13 Å². The molecule has 31 heavy (non-hydrogen) atoms. The molecule has 0 saturated carbocycles. The van der Waals surface area contributed by atoms with Gasteiger partial charge in [0.25, 0.3) is 0 Å². The third-order valence-electron chi connectivity index (χ3n) is 4.75. The van der Waals surface area contributed by atoms with Crippen LogP contribution in [-0.2, 0) is 14.8 Å². The SMILES string of the molecule is COc1ccc(/C=N\Nc2nc(-c3ccc(S(=O)(=O)N4CCOCC4)cc3)cs2)cc1. The molecule has 1 aliphatic rings. The van der Waals surface area contributed by atoms with E-state index in [0.717, 1.165) is 22.6 Å². The first-order valence-electron chi connectivity index (χ1n) is 9.63. The third-order valence-corrected chi connectivity index (χ3v) is 7.41. The molecule has 4 rings (SSSR count). The normalized spacial score (nSPS) is 15.3. The summed E-state index contributed by atoms with van der Waals surface area (Å²) >= 11 is 1.42. The minimum absolute atomic E-state index is 0.274. The fraction of sp³-hybridized carbons (Fsp3) is 0.238. The lowest BCUT2D eigenvalue weighted by Gasteiger charge is -2.26. The molecule has 0 radical (unpaired) electrons. The number of anilines is 1. The van der Waals surface area contributed by atoms with Crippen LogP contribution in [0.2, 0.25) is 0 Å². The minimum Gasteiger partial charge on any atom is -0.497 e.